The van der Waals surface area contributed by atoms with E-state index in [1.807, 2.05) is 39.4 Å². The largest absolute Gasteiger partial charge is 0.350 e. The third-order valence-corrected chi connectivity index (χ3v) is 5.08. The van der Waals surface area contributed by atoms with Crippen LogP contribution in [-0.4, -0.2) is 42.1 Å². The van der Waals surface area contributed by atoms with Crippen molar-refractivity contribution in [3.8, 4) is 11.3 Å². The average molecular weight is 370 g/mol. The van der Waals surface area contributed by atoms with Crippen LogP contribution in [0.3, 0.4) is 0 Å². The number of rotatable bonds is 6. The molecule has 0 N–H and O–H groups in total. The molecule has 8 heteroatoms. The molecule has 0 bridgehead atoms. The second-order valence-electron chi connectivity index (χ2n) is 6.63. The minimum atomic E-state index is -0.180. The monoisotopic (exact) mass is 370 g/mol. The molecule has 3 aromatic rings. The maximum Gasteiger partial charge on any atom is 0.292 e. The van der Waals surface area contributed by atoms with Crippen LogP contribution < -0.4 is 0 Å². The van der Waals surface area contributed by atoms with Crippen molar-refractivity contribution in [1.29, 1.82) is 0 Å². The number of nitrogens with zero attached hydrogens (tertiary/aromatic N) is 6. The van der Waals surface area contributed by atoms with Crippen LogP contribution in [0, 0.1) is 20.8 Å². The van der Waals surface area contributed by atoms with Crippen LogP contribution in [0.15, 0.2) is 16.8 Å². The Morgan fingerprint density at radius 2 is 1.96 bits per heavy atom. The quantitative estimate of drug-likeness (QED) is 0.666. The van der Waals surface area contributed by atoms with Gasteiger partial charge in [0.15, 0.2) is 0 Å². The molecule has 0 fully saturated rings. The molecule has 0 saturated carbocycles. The van der Waals surface area contributed by atoms with Crippen LogP contribution >= 0.6 is 0 Å². The highest BCUT2D eigenvalue weighted by Crippen LogP contribution is 2.23. The van der Waals surface area contributed by atoms with Gasteiger partial charge in [-0.05, 0) is 34.6 Å². The molecular formula is C19H26N6O2. The SMILES string of the molecule is CCN(Cc1c(C)nn(CC)c1C)C(=O)c1cc(-c2cnn(C)c2C)no1. The topological polar surface area (TPSA) is 82.0 Å². The summed E-state index contributed by atoms with van der Waals surface area (Å²) in [5, 5.41) is 12.8. The summed E-state index contributed by atoms with van der Waals surface area (Å²) < 4.78 is 9.08. The lowest BCUT2D eigenvalue weighted by molar-refractivity contribution is 0.0710. The van der Waals surface area contributed by atoms with E-state index >= 15 is 0 Å². The summed E-state index contributed by atoms with van der Waals surface area (Å²) in [6.07, 6.45) is 1.73. The van der Waals surface area contributed by atoms with Gasteiger partial charge in [0.2, 0.25) is 5.76 Å². The van der Waals surface area contributed by atoms with E-state index in [0.29, 0.717) is 18.8 Å². The van der Waals surface area contributed by atoms with Gasteiger partial charge < -0.3 is 9.42 Å². The molecule has 3 aromatic heterocycles. The first-order valence-electron chi connectivity index (χ1n) is 9.15. The molecule has 0 unspecified atom stereocenters. The Labute approximate surface area is 158 Å². The van der Waals surface area contributed by atoms with Crippen molar-refractivity contribution >= 4 is 5.91 Å². The minimum absolute atomic E-state index is 0.180. The van der Waals surface area contributed by atoms with Gasteiger partial charge in [0, 0.05) is 55.3 Å². The zero-order valence-corrected chi connectivity index (χ0v) is 16.8. The van der Waals surface area contributed by atoms with Gasteiger partial charge in [-0.15, -0.1) is 0 Å². The van der Waals surface area contributed by atoms with E-state index in [1.165, 1.54) is 0 Å². The van der Waals surface area contributed by atoms with Crippen molar-refractivity contribution in [2.24, 2.45) is 7.05 Å². The Morgan fingerprint density at radius 3 is 2.52 bits per heavy atom. The Bertz CT molecular complexity index is 965. The number of carbonyl (C=O) groups is 1. The standard InChI is InChI=1S/C19H26N6O2/c1-7-24(11-16-12(3)21-25(8-2)14(16)5)19(26)18-9-17(22-27-18)15-10-20-23(6)13(15)4/h9-10H,7-8,11H2,1-6H3. The molecule has 0 radical (unpaired) electrons. The number of amides is 1. The predicted octanol–water partition coefficient (Wildman–Crippen LogP) is 2.88. The normalized spacial score (nSPS) is 11.2. The molecule has 144 valence electrons. The van der Waals surface area contributed by atoms with E-state index in [1.54, 1.807) is 21.8 Å². The van der Waals surface area contributed by atoms with Crippen LogP contribution in [-0.2, 0) is 20.1 Å². The van der Waals surface area contributed by atoms with E-state index in [-0.39, 0.29) is 11.7 Å². The highest BCUT2D eigenvalue weighted by atomic mass is 16.5. The Kier molecular flexibility index (Phi) is 5.16. The fraction of sp³-hybridized carbons (Fsp3) is 0.474. The maximum atomic E-state index is 13.0. The van der Waals surface area contributed by atoms with E-state index in [4.69, 9.17) is 4.52 Å². The lowest BCUT2D eigenvalue weighted by Gasteiger charge is -2.19. The molecular weight excluding hydrogens is 344 g/mol. The molecule has 0 aromatic carbocycles. The molecule has 1 amide bonds. The number of carbonyl (C=O) groups excluding carboxylic acids is 1. The summed E-state index contributed by atoms with van der Waals surface area (Å²) in [5.41, 5.74) is 5.56. The molecule has 0 spiro atoms. The zero-order valence-electron chi connectivity index (χ0n) is 16.8. The van der Waals surface area contributed by atoms with Crippen LogP contribution in [0.5, 0.6) is 0 Å². The average Bonchev–Trinajstić information content (AvgIpc) is 3.33. The van der Waals surface area contributed by atoms with E-state index in [0.717, 1.165) is 34.8 Å². The molecule has 0 saturated heterocycles. The second kappa shape index (κ2) is 7.38. The van der Waals surface area contributed by atoms with Gasteiger partial charge in [-0.3, -0.25) is 14.2 Å². The highest BCUT2D eigenvalue weighted by molar-refractivity contribution is 5.92. The third-order valence-electron chi connectivity index (χ3n) is 5.08. The van der Waals surface area contributed by atoms with Crippen LogP contribution in [0.25, 0.3) is 11.3 Å². The summed E-state index contributed by atoms with van der Waals surface area (Å²) >= 11 is 0. The fourth-order valence-corrected chi connectivity index (χ4v) is 3.20. The van der Waals surface area contributed by atoms with E-state index in [2.05, 4.69) is 22.3 Å². The first-order chi connectivity index (χ1) is 12.9. The van der Waals surface area contributed by atoms with E-state index < -0.39 is 0 Å². The van der Waals surface area contributed by atoms with Crippen molar-refractivity contribution in [3.05, 3.63) is 40.7 Å². The number of hydrogen-bond acceptors (Lipinski definition) is 5. The van der Waals surface area contributed by atoms with Crippen molar-refractivity contribution < 1.29 is 9.32 Å². The number of hydrogen-bond donors (Lipinski definition) is 0. The van der Waals surface area contributed by atoms with Gasteiger partial charge in [0.1, 0.15) is 5.69 Å². The molecule has 27 heavy (non-hydrogen) atoms. The van der Waals surface area contributed by atoms with Crippen LogP contribution in [0.2, 0.25) is 0 Å². The molecule has 0 aliphatic rings. The van der Waals surface area contributed by atoms with Gasteiger partial charge in [-0.1, -0.05) is 5.16 Å². The van der Waals surface area contributed by atoms with Crippen LogP contribution in [0.4, 0.5) is 0 Å². The lowest BCUT2D eigenvalue weighted by atomic mass is 10.1. The van der Waals surface area contributed by atoms with Gasteiger partial charge in [-0.2, -0.15) is 10.2 Å². The summed E-state index contributed by atoms with van der Waals surface area (Å²) in [5.74, 6) is 0.0501. The molecule has 3 heterocycles. The van der Waals surface area contributed by atoms with Gasteiger partial charge in [-0.25, -0.2) is 0 Å². The lowest BCUT2D eigenvalue weighted by Crippen LogP contribution is -2.30. The molecule has 0 atom stereocenters. The summed E-state index contributed by atoms with van der Waals surface area (Å²) in [4.78, 5) is 14.7. The Balaban J connectivity index is 1.84. The summed E-state index contributed by atoms with van der Waals surface area (Å²) in [6.45, 7) is 11.8. The molecule has 0 aliphatic carbocycles. The van der Waals surface area contributed by atoms with Gasteiger partial charge in [0.25, 0.3) is 5.91 Å². The second-order valence-corrected chi connectivity index (χ2v) is 6.63. The molecule has 3 rings (SSSR count). The minimum Gasteiger partial charge on any atom is -0.350 e. The Morgan fingerprint density at radius 1 is 1.22 bits per heavy atom. The van der Waals surface area contributed by atoms with Crippen molar-refractivity contribution in [2.45, 2.75) is 47.7 Å². The maximum absolute atomic E-state index is 13.0. The highest BCUT2D eigenvalue weighted by Gasteiger charge is 2.23. The van der Waals surface area contributed by atoms with Crippen molar-refractivity contribution in [2.75, 3.05) is 6.54 Å². The summed E-state index contributed by atoms with van der Waals surface area (Å²) in [7, 11) is 1.87. The van der Waals surface area contributed by atoms with Crippen LogP contribution in [0.1, 0.15) is 47.0 Å². The van der Waals surface area contributed by atoms with Gasteiger partial charge in [0.05, 0.1) is 11.9 Å². The summed E-state index contributed by atoms with van der Waals surface area (Å²) in [6, 6.07) is 1.68. The molecule has 8 nitrogen and oxygen atoms in total. The predicted molar refractivity (Wildman–Crippen MR) is 101 cm³/mol. The number of aryl methyl sites for hydroxylation is 3. The first kappa shape index (κ1) is 18.9. The first-order valence-corrected chi connectivity index (χ1v) is 9.15. The van der Waals surface area contributed by atoms with Crippen molar-refractivity contribution in [1.82, 2.24) is 29.6 Å². The fourth-order valence-electron chi connectivity index (χ4n) is 3.20. The molecule has 0 aliphatic heterocycles. The van der Waals surface area contributed by atoms with Gasteiger partial charge >= 0.3 is 0 Å². The smallest absolute Gasteiger partial charge is 0.292 e. The zero-order chi connectivity index (χ0) is 19.7. The Hall–Kier alpha value is -2.90. The van der Waals surface area contributed by atoms with Crippen molar-refractivity contribution in [3.63, 3.8) is 0 Å². The van der Waals surface area contributed by atoms with E-state index in [9.17, 15) is 4.79 Å². The third kappa shape index (κ3) is 3.39. The number of aromatic nitrogens is 5.